The van der Waals surface area contributed by atoms with E-state index in [1.165, 1.54) is 0 Å². The maximum absolute atomic E-state index is 11.4. The van der Waals surface area contributed by atoms with E-state index in [2.05, 4.69) is 36.2 Å². The Hall–Kier alpha value is -0.530. The molecule has 0 aromatic heterocycles. The molecule has 1 atom stereocenters. The number of amides is 1. The van der Waals surface area contributed by atoms with Gasteiger partial charge < -0.3 is 0 Å². The van der Waals surface area contributed by atoms with Gasteiger partial charge in [-0.3, -0.25) is 4.79 Å². The van der Waals surface area contributed by atoms with Crippen molar-refractivity contribution in [3.05, 3.63) is 0 Å². The van der Waals surface area contributed by atoms with Crippen molar-refractivity contribution >= 4 is 23.3 Å². The molecule has 3 heteroatoms. The molecule has 0 N–H and O–H groups in total. The summed E-state index contributed by atoms with van der Waals surface area (Å²) < 4.78 is 0. The van der Waals surface area contributed by atoms with E-state index in [0.717, 1.165) is 19.3 Å². The van der Waals surface area contributed by atoms with Crippen molar-refractivity contribution in [2.45, 2.75) is 33.1 Å². The topological polar surface area (TPSA) is 29.4 Å². The molecule has 2 nitrogen and oxygen atoms in total. The summed E-state index contributed by atoms with van der Waals surface area (Å²) in [4.78, 5) is 14.9. The smallest absolute Gasteiger partial charge is 0.258 e. The molecule has 0 spiro atoms. The summed E-state index contributed by atoms with van der Waals surface area (Å²) in [5.41, 5.74) is 0.104. The fourth-order valence-corrected chi connectivity index (χ4v) is 2.00. The number of hydrogen-bond donors (Lipinski definition) is 0. The van der Waals surface area contributed by atoms with Gasteiger partial charge in [0.25, 0.3) is 5.91 Å². The summed E-state index contributed by atoms with van der Waals surface area (Å²) in [5.74, 6) is -0.0274. The van der Waals surface area contributed by atoms with Gasteiger partial charge in [-0.05, 0) is 30.5 Å². The molecular weight excluding hydrogens is 170 g/mol. The molecule has 0 radical (unpaired) electrons. The van der Waals surface area contributed by atoms with E-state index in [-0.39, 0.29) is 17.2 Å². The van der Waals surface area contributed by atoms with E-state index in [9.17, 15) is 4.79 Å². The first kappa shape index (κ1) is 9.56. The average molecular weight is 183 g/mol. The van der Waals surface area contributed by atoms with Crippen LogP contribution < -0.4 is 0 Å². The predicted octanol–water partition coefficient (Wildman–Crippen LogP) is 2.44. The van der Waals surface area contributed by atoms with E-state index in [1.807, 2.05) is 0 Å². The largest absolute Gasteiger partial charge is 0.272 e. The van der Waals surface area contributed by atoms with Crippen LogP contribution in [0.4, 0.5) is 0 Å². The van der Waals surface area contributed by atoms with Gasteiger partial charge in [0.05, 0.1) is 5.16 Å². The van der Waals surface area contributed by atoms with Crippen LogP contribution in [0.2, 0.25) is 0 Å². The van der Waals surface area contributed by atoms with E-state index >= 15 is 0 Å². The van der Waals surface area contributed by atoms with Crippen LogP contribution in [0.25, 0.3) is 0 Å². The summed E-state index contributed by atoms with van der Waals surface area (Å²) >= 11 is 4.40. The van der Waals surface area contributed by atoms with Gasteiger partial charge in [-0.15, -0.1) is 0 Å². The summed E-state index contributed by atoms with van der Waals surface area (Å²) in [6, 6.07) is 0. The van der Waals surface area contributed by atoms with Gasteiger partial charge in [-0.2, -0.15) is 4.99 Å². The molecule has 66 valence electrons. The molecule has 0 saturated heterocycles. The molecule has 1 rings (SSSR count). The van der Waals surface area contributed by atoms with Gasteiger partial charge in [0, 0.05) is 5.92 Å². The highest BCUT2D eigenvalue weighted by Crippen LogP contribution is 2.42. The molecule has 1 aliphatic rings. The summed E-state index contributed by atoms with van der Waals surface area (Å²) in [7, 11) is 0. The minimum absolute atomic E-state index is 0.0629. The number of isothiocyanates is 1. The van der Waals surface area contributed by atoms with E-state index in [1.54, 1.807) is 0 Å². The van der Waals surface area contributed by atoms with Gasteiger partial charge in [0.15, 0.2) is 0 Å². The Morgan fingerprint density at radius 2 is 2.33 bits per heavy atom. The first-order chi connectivity index (χ1) is 5.58. The molecule has 1 unspecified atom stereocenters. The molecule has 12 heavy (non-hydrogen) atoms. The van der Waals surface area contributed by atoms with E-state index in [4.69, 9.17) is 0 Å². The standard InChI is InChI=1S/C9H13NOS/c1-9(2)5-3-4-7(9)8(11)10-6-12/h7H,3-5H2,1-2H3. The van der Waals surface area contributed by atoms with Crippen molar-refractivity contribution in [1.29, 1.82) is 0 Å². The molecular formula is C9H13NOS. The molecule has 1 amide bonds. The lowest BCUT2D eigenvalue weighted by Crippen LogP contribution is -2.24. The molecule has 1 aliphatic carbocycles. The highest BCUT2D eigenvalue weighted by Gasteiger charge is 2.39. The van der Waals surface area contributed by atoms with Crippen molar-refractivity contribution in [2.24, 2.45) is 16.3 Å². The Morgan fingerprint density at radius 3 is 2.75 bits per heavy atom. The molecule has 1 saturated carbocycles. The lowest BCUT2D eigenvalue weighted by Gasteiger charge is -2.23. The molecule has 0 aliphatic heterocycles. The maximum Gasteiger partial charge on any atom is 0.258 e. The number of hydrogen-bond acceptors (Lipinski definition) is 2. The fraction of sp³-hybridized carbons (Fsp3) is 0.778. The summed E-state index contributed by atoms with van der Waals surface area (Å²) in [6.45, 7) is 4.23. The van der Waals surface area contributed by atoms with Crippen molar-refractivity contribution in [3.8, 4) is 0 Å². The van der Waals surface area contributed by atoms with Crippen molar-refractivity contribution < 1.29 is 4.79 Å². The number of aliphatic imine (C=N–C) groups is 1. The van der Waals surface area contributed by atoms with Crippen LogP contribution >= 0.6 is 12.2 Å². The quantitative estimate of drug-likeness (QED) is 0.461. The number of rotatable bonds is 1. The summed E-state index contributed by atoms with van der Waals surface area (Å²) in [6.07, 6.45) is 3.18. The van der Waals surface area contributed by atoms with Crippen molar-refractivity contribution in [2.75, 3.05) is 0 Å². The van der Waals surface area contributed by atoms with Gasteiger partial charge >= 0.3 is 0 Å². The molecule has 0 aromatic carbocycles. The predicted molar refractivity (Wildman–Crippen MR) is 51.2 cm³/mol. The van der Waals surface area contributed by atoms with Crippen molar-refractivity contribution in [3.63, 3.8) is 0 Å². The number of thiocarbonyl (C=S) groups is 1. The normalized spacial score (nSPS) is 26.3. The first-order valence-electron chi connectivity index (χ1n) is 4.19. The Kier molecular flexibility index (Phi) is 2.76. The Bertz CT molecular complexity index is 241. The monoisotopic (exact) mass is 183 g/mol. The molecule has 0 heterocycles. The third-order valence-electron chi connectivity index (χ3n) is 2.71. The van der Waals surface area contributed by atoms with Crippen LogP contribution in [-0.2, 0) is 4.79 Å². The van der Waals surface area contributed by atoms with Crippen molar-refractivity contribution in [1.82, 2.24) is 0 Å². The minimum Gasteiger partial charge on any atom is -0.272 e. The van der Waals surface area contributed by atoms with Crippen LogP contribution in [0.15, 0.2) is 4.99 Å². The van der Waals surface area contributed by atoms with Crippen LogP contribution in [-0.4, -0.2) is 11.1 Å². The van der Waals surface area contributed by atoms with Crippen LogP contribution in [0, 0.1) is 11.3 Å². The minimum atomic E-state index is -0.0903. The lowest BCUT2D eigenvalue weighted by atomic mass is 9.81. The molecule has 1 fully saturated rings. The second kappa shape index (κ2) is 3.46. The number of nitrogens with zero attached hydrogens (tertiary/aromatic N) is 1. The van der Waals surface area contributed by atoms with Gasteiger partial charge in [0.2, 0.25) is 0 Å². The van der Waals surface area contributed by atoms with Crippen LogP contribution in [0.1, 0.15) is 33.1 Å². The lowest BCUT2D eigenvalue weighted by molar-refractivity contribution is -0.123. The van der Waals surface area contributed by atoms with Gasteiger partial charge in [0.1, 0.15) is 0 Å². The number of carbonyl (C=O) groups is 1. The summed E-state index contributed by atoms with van der Waals surface area (Å²) in [5, 5.41) is 2.14. The SMILES string of the molecule is CC1(C)CCCC1C(=O)N=C=S. The first-order valence-corrected chi connectivity index (χ1v) is 4.60. The Balaban J connectivity index is 2.75. The second-order valence-corrected chi connectivity index (χ2v) is 4.16. The van der Waals surface area contributed by atoms with Crippen LogP contribution in [0.3, 0.4) is 0 Å². The third kappa shape index (κ3) is 1.79. The van der Waals surface area contributed by atoms with Crippen LogP contribution in [0.5, 0.6) is 0 Å². The highest BCUT2D eigenvalue weighted by atomic mass is 32.1. The zero-order valence-electron chi connectivity index (χ0n) is 7.46. The fourth-order valence-electron chi connectivity index (χ4n) is 1.91. The van der Waals surface area contributed by atoms with E-state index in [0.29, 0.717) is 0 Å². The average Bonchev–Trinajstić information content (AvgIpc) is 2.30. The highest BCUT2D eigenvalue weighted by molar-refractivity contribution is 7.78. The Morgan fingerprint density at radius 1 is 1.67 bits per heavy atom. The molecule has 0 bridgehead atoms. The van der Waals surface area contributed by atoms with E-state index < -0.39 is 0 Å². The molecule has 0 aromatic rings. The van der Waals surface area contributed by atoms with Gasteiger partial charge in [-0.1, -0.05) is 20.3 Å². The zero-order valence-corrected chi connectivity index (χ0v) is 8.28. The van der Waals surface area contributed by atoms with Gasteiger partial charge in [-0.25, -0.2) is 0 Å². The maximum atomic E-state index is 11.4. The third-order valence-corrected chi connectivity index (χ3v) is 2.80. The number of carbonyl (C=O) groups excluding carboxylic acids is 1. The Labute approximate surface area is 78.1 Å². The zero-order chi connectivity index (χ0) is 9.19. The second-order valence-electron chi connectivity index (χ2n) is 3.97.